The van der Waals surface area contributed by atoms with Crippen molar-refractivity contribution in [3.05, 3.63) is 64.1 Å². The van der Waals surface area contributed by atoms with Gasteiger partial charge in [-0.1, -0.05) is 13.8 Å². The van der Waals surface area contributed by atoms with Gasteiger partial charge in [0, 0.05) is 67.1 Å². The third-order valence-corrected chi connectivity index (χ3v) is 5.54. The lowest BCUT2D eigenvalue weighted by atomic mass is 9.93. The fourth-order valence-electron chi connectivity index (χ4n) is 3.82. The van der Waals surface area contributed by atoms with Crippen molar-refractivity contribution in [1.29, 1.82) is 0 Å². The van der Waals surface area contributed by atoms with Gasteiger partial charge in [0.1, 0.15) is 11.9 Å². The lowest BCUT2D eigenvalue weighted by Gasteiger charge is -2.24. The number of hydrogen-bond acceptors (Lipinski definition) is 7. The number of benzene rings is 1. The zero-order valence-electron chi connectivity index (χ0n) is 19.7. The maximum Gasteiger partial charge on any atom is 0.166 e. The van der Waals surface area contributed by atoms with Gasteiger partial charge < -0.3 is 27.3 Å². The smallest absolute Gasteiger partial charge is 0.166 e. The minimum atomic E-state index is -0.530. The predicted octanol–water partition coefficient (Wildman–Crippen LogP) is 3.63. The van der Waals surface area contributed by atoms with E-state index in [9.17, 15) is 4.39 Å². The van der Waals surface area contributed by atoms with Gasteiger partial charge in [-0.25, -0.2) is 9.37 Å². The Morgan fingerprint density at radius 2 is 2.06 bits per heavy atom. The molecule has 1 aromatic heterocycles. The third kappa shape index (κ3) is 5.51. The Bertz CT molecular complexity index is 1110. The summed E-state index contributed by atoms with van der Waals surface area (Å²) < 4.78 is 20.4. The highest BCUT2D eigenvalue weighted by molar-refractivity contribution is 5.92. The van der Waals surface area contributed by atoms with Crippen LogP contribution in [-0.2, 0) is 0 Å². The monoisotopic (exact) mass is 452 g/mol. The van der Waals surface area contributed by atoms with Crippen LogP contribution in [0.15, 0.2) is 46.6 Å². The number of anilines is 1. The molecule has 2 heterocycles. The molecule has 2 aromatic rings. The summed E-state index contributed by atoms with van der Waals surface area (Å²) >= 11 is 0. The van der Waals surface area contributed by atoms with Crippen molar-refractivity contribution in [3.8, 4) is 5.75 Å². The Labute approximate surface area is 194 Å². The van der Waals surface area contributed by atoms with Crippen LogP contribution in [-0.4, -0.2) is 31.3 Å². The van der Waals surface area contributed by atoms with E-state index >= 15 is 0 Å². The van der Waals surface area contributed by atoms with Gasteiger partial charge in [0.2, 0.25) is 0 Å². The van der Waals surface area contributed by atoms with Gasteiger partial charge in [-0.15, -0.1) is 0 Å². The first kappa shape index (κ1) is 24.3. The molecule has 0 amide bonds. The van der Waals surface area contributed by atoms with Crippen molar-refractivity contribution >= 4 is 23.4 Å². The number of fused-ring (bicyclic) bond motifs is 3. The number of nitrogens with zero attached hydrogens (tertiary/aromatic N) is 2. The molecule has 7 N–H and O–H groups in total. The molecule has 0 aliphatic carbocycles. The second-order valence-corrected chi connectivity index (χ2v) is 8.56. The van der Waals surface area contributed by atoms with Crippen molar-refractivity contribution in [2.75, 3.05) is 25.9 Å². The van der Waals surface area contributed by atoms with Crippen LogP contribution in [0.5, 0.6) is 5.75 Å². The topological polar surface area (TPSA) is 125 Å². The zero-order chi connectivity index (χ0) is 24.1. The SMILES string of the molecule is CN=CC1=C(N)c2ccc(F)cc2[C@@H](C)Oc2cc(cnc2N)/C(NCC(C)C)=C(/CN)C1. The number of halogens is 1. The highest BCUT2D eigenvalue weighted by Gasteiger charge is 2.22. The van der Waals surface area contributed by atoms with E-state index in [1.54, 1.807) is 25.5 Å². The summed E-state index contributed by atoms with van der Waals surface area (Å²) in [7, 11) is 1.69. The number of nitrogens with two attached hydrogens (primary N) is 3. The molecular weight excluding hydrogens is 419 g/mol. The Morgan fingerprint density at radius 3 is 2.73 bits per heavy atom. The minimum absolute atomic E-state index is 0.250. The molecule has 0 saturated heterocycles. The van der Waals surface area contributed by atoms with E-state index in [-0.39, 0.29) is 11.6 Å². The molecule has 0 spiro atoms. The summed E-state index contributed by atoms with van der Waals surface area (Å²) in [4.78, 5) is 8.56. The van der Waals surface area contributed by atoms with Crippen LogP contribution in [0, 0.1) is 11.7 Å². The lowest BCUT2D eigenvalue weighted by molar-refractivity contribution is 0.226. The first-order chi connectivity index (χ1) is 15.7. The maximum absolute atomic E-state index is 14.2. The Morgan fingerprint density at radius 1 is 1.30 bits per heavy atom. The second kappa shape index (κ2) is 10.5. The van der Waals surface area contributed by atoms with Gasteiger partial charge in [0.15, 0.2) is 11.6 Å². The van der Waals surface area contributed by atoms with E-state index < -0.39 is 6.10 Å². The summed E-state index contributed by atoms with van der Waals surface area (Å²) in [5.41, 5.74) is 24.2. The molecule has 0 unspecified atom stereocenters. The number of pyridine rings is 1. The van der Waals surface area contributed by atoms with Crippen molar-refractivity contribution in [2.45, 2.75) is 33.3 Å². The average Bonchev–Trinajstić information content (AvgIpc) is 2.78. The normalized spacial score (nSPS) is 19.2. The van der Waals surface area contributed by atoms with Crippen LogP contribution >= 0.6 is 0 Å². The summed E-state index contributed by atoms with van der Waals surface area (Å²) in [5, 5.41) is 3.52. The molecule has 1 aliphatic rings. The van der Waals surface area contributed by atoms with E-state index in [1.807, 2.05) is 13.0 Å². The molecule has 1 aliphatic heterocycles. The van der Waals surface area contributed by atoms with E-state index in [1.165, 1.54) is 12.1 Å². The van der Waals surface area contributed by atoms with Crippen molar-refractivity contribution in [1.82, 2.24) is 10.3 Å². The molecule has 7 nitrogen and oxygen atoms in total. The number of aliphatic imine (C=N–C) groups is 1. The lowest BCUT2D eigenvalue weighted by Crippen LogP contribution is -2.23. The zero-order valence-corrected chi connectivity index (χ0v) is 19.7. The molecule has 2 bridgehead atoms. The van der Waals surface area contributed by atoms with Crippen molar-refractivity contribution < 1.29 is 9.13 Å². The van der Waals surface area contributed by atoms with Crippen molar-refractivity contribution in [3.63, 3.8) is 0 Å². The molecule has 0 saturated carbocycles. The number of allylic oxidation sites excluding steroid dienone is 1. The van der Waals surface area contributed by atoms with E-state index in [4.69, 9.17) is 21.9 Å². The van der Waals surface area contributed by atoms with E-state index in [0.29, 0.717) is 41.5 Å². The average molecular weight is 453 g/mol. The largest absolute Gasteiger partial charge is 0.482 e. The summed E-state index contributed by atoms with van der Waals surface area (Å²) in [6.45, 7) is 7.13. The van der Waals surface area contributed by atoms with Gasteiger partial charge in [-0.05, 0) is 48.3 Å². The number of nitrogens with one attached hydrogen (secondary N) is 1. The fraction of sp³-hybridized carbons (Fsp3) is 0.360. The highest BCUT2D eigenvalue weighted by atomic mass is 19.1. The molecule has 0 fully saturated rings. The summed E-state index contributed by atoms with van der Waals surface area (Å²) in [6.07, 6.45) is 3.36. The molecule has 33 heavy (non-hydrogen) atoms. The Kier molecular flexibility index (Phi) is 7.71. The van der Waals surface area contributed by atoms with Gasteiger partial charge >= 0.3 is 0 Å². The third-order valence-electron chi connectivity index (χ3n) is 5.54. The fourth-order valence-corrected chi connectivity index (χ4v) is 3.82. The van der Waals surface area contributed by atoms with Crippen molar-refractivity contribution in [2.24, 2.45) is 22.4 Å². The van der Waals surface area contributed by atoms with E-state index in [0.717, 1.165) is 29.0 Å². The van der Waals surface area contributed by atoms with Gasteiger partial charge in [0.05, 0.1) is 0 Å². The van der Waals surface area contributed by atoms with Gasteiger partial charge in [0.25, 0.3) is 0 Å². The number of aromatic nitrogens is 1. The first-order valence-corrected chi connectivity index (χ1v) is 11.0. The molecule has 0 radical (unpaired) electrons. The first-order valence-electron chi connectivity index (χ1n) is 11.0. The van der Waals surface area contributed by atoms with Crippen LogP contribution in [0.2, 0.25) is 0 Å². The second-order valence-electron chi connectivity index (χ2n) is 8.56. The highest BCUT2D eigenvalue weighted by Crippen LogP contribution is 2.34. The maximum atomic E-state index is 14.2. The van der Waals surface area contributed by atoms with E-state index in [2.05, 4.69) is 29.1 Å². The van der Waals surface area contributed by atoms with Gasteiger partial charge in [-0.2, -0.15) is 0 Å². The molecule has 8 heteroatoms. The molecule has 3 rings (SSSR count). The van der Waals surface area contributed by atoms with Crippen LogP contribution in [0.4, 0.5) is 10.2 Å². The number of ether oxygens (including phenoxy) is 1. The van der Waals surface area contributed by atoms with Gasteiger partial charge in [-0.3, -0.25) is 4.99 Å². The van der Waals surface area contributed by atoms with Crippen LogP contribution in [0.25, 0.3) is 11.4 Å². The molecule has 176 valence electrons. The number of rotatable bonds is 5. The Balaban J connectivity index is 2.32. The predicted molar refractivity (Wildman–Crippen MR) is 133 cm³/mol. The van der Waals surface area contributed by atoms with Crippen LogP contribution in [0.3, 0.4) is 0 Å². The Hall–Kier alpha value is -3.39. The molecule has 1 aromatic carbocycles. The summed E-state index contributed by atoms with van der Waals surface area (Å²) in [5.74, 6) is 0.696. The quantitative estimate of drug-likeness (QED) is 0.514. The minimum Gasteiger partial charge on any atom is -0.482 e. The number of nitrogen functional groups attached to an aromatic ring is 1. The molecular formula is C25H33FN6O. The molecule has 1 atom stereocenters. The van der Waals surface area contributed by atoms with Crippen LogP contribution in [0.1, 0.15) is 50.0 Å². The summed E-state index contributed by atoms with van der Waals surface area (Å²) in [6, 6.07) is 6.33. The standard InChI is InChI=1S/C25H33FN6O/c1-14(2)11-31-24-16(10-27)7-17(12-30-4)23(28)20-6-5-19(26)9-21(20)15(3)33-22-8-18(24)13-32-25(22)29/h5-6,8-9,12-15,31H,7,10-11,27-28H2,1-4H3,(H2,29,32)/b23-17?,24-16-,30-12?/t15-/m1/s1. The number of hydrogen-bond donors (Lipinski definition) is 4. The van der Waals surface area contributed by atoms with Crippen LogP contribution < -0.4 is 27.3 Å².